The van der Waals surface area contributed by atoms with E-state index >= 15 is 0 Å². The summed E-state index contributed by atoms with van der Waals surface area (Å²) in [5.41, 5.74) is 6.03. The predicted octanol–water partition coefficient (Wildman–Crippen LogP) is 2.73. The zero-order chi connectivity index (χ0) is 24.8. The molecule has 3 N–H and O–H groups in total. The van der Waals surface area contributed by atoms with Gasteiger partial charge < -0.3 is 20.5 Å². The standard InChI is InChI=1S/C22H28ClN3O6S/c1-5-26(6-2)33(29,30)17-9-7-15(8-10-17)14(3)25-22(28)16-11-18(23)21(19(12-16)31-4)32-13-20(24)27/h7-12,14H,5-6,13H2,1-4H3,(H2,24,27)(H,25,28). The van der Waals surface area contributed by atoms with E-state index < -0.39 is 34.5 Å². The summed E-state index contributed by atoms with van der Waals surface area (Å²) in [5.74, 6) is -0.830. The van der Waals surface area contributed by atoms with Gasteiger partial charge in [-0.15, -0.1) is 0 Å². The first-order valence-electron chi connectivity index (χ1n) is 10.2. The van der Waals surface area contributed by atoms with E-state index in [4.69, 9.17) is 26.8 Å². The molecular weight excluding hydrogens is 470 g/mol. The van der Waals surface area contributed by atoms with Crippen LogP contribution in [0.4, 0.5) is 0 Å². The highest BCUT2D eigenvalue weighted by Gasteiger charge is 2.22. The minimum Gasteiger partial charge on any atom is -0.493 e. The summed E-state index contributed by atoms with van der Waals surface area (Å²) < 4.78 is 37.1. The van der Waals surface area contributed by atoms with E-state index in [0.717, 1.165) is 5.56 Å². The number of ether oxygens (including phenoxy) is 2. The van der Waals surface area contributed by atoms with Crippen molar-refractivity contribution in [2.75, 3.05) is 26.8 Å². The van der Waals surface area contributed by atoms with Crippen LogP contribution in [0.3, 0.4) is 0 Å². The quantitative estimate of drug-likeness (QED) is 0.491. The summed E-state index contributed by atoms with van der Waals surface area (Å²) in [4.78, 5) is 23.9. The number of nitrogens with one attached hydrogen (secondary N) is 1. The number of carbonyl (C=O) groups excluding carboxylic acids is 2. The summed E-state index contributed by atoms with van der Waals surface area (Å²) in [5, 5.41) is 2.92. The number of methoxy groups -OCH3 is 1. The normalized spacial score (nSPS) is 12.3. The summed E-state index contributed by atoms with van der Waals surface area (Å²) >= 11 is 6.21. The van der Waals surface area contributed by atoms with Crippen LogP contribution in [0.25, 0.3) is 0 Å². The van der Waals surface area contributed by atoms with Crippen molar-refractivity contribution in [1.29, 1.82) is 0 Å². The van der Waals surface area contributed by atoms with Crippen molar-refractivity contribution in [3.63, 3.8) is 0 Å². The molecule has 2 aromatic rings. The molecule has 0 bridgehead atoms. The molecule has 11 heteroatoms. The van der Waals surface area contributed by atoms with E-state index in [-0.39, 0.29) is 27.0 Å². The van der Waals surface area contributed by atoms with Crippen LogP contribution in [0.2, 0.25) is 5.02 Å². The molecule has 0 heterocycles. The second kappa shape index (κ2) is 11.4. The Hall–Kier alpha value is -2.82. The van der Waals surface area contributed by atoms with E-state index in [1.165, 1.54) is 35.7 Å². The Morgan fingerprint density at radius 2 is 1.76 bits per heavy atom. The maximum absolute atomic E-state index is 12.8. The van der Waals surface area contributed by atoms with E-state index in [9.17, 15) is 18.0 Å². The maximum Gasteiger partial charge on any atom is 0.255 e. The Morgan fingerprint density at radius 1 is 1.15 bits per heavy atom. The van der Waals surface area contributed by atoms with Crippen LogP contribution >= 0.6 is 11.6 Å². The van der Waals surface area contributed by atoms with Gasteiger partial charge in [0.05, 0.1) is 23.1 Å². The molecule has 9 nitrogen and oxygen atoms in total. The number of hydrogen-bond acceptors (Lipinski definition) is 6. The molecule has 2 rings (SSSR count). The van der Waals surface area contributed by atoms with Gasteiger partial charge in [-0.05, 0) is 36.8 Å². The van der Waals surface area contributed by atoms with Gasteiger partial charge in [0.25, 0.3) is 11.8 Å². The molecule has 0 radical (unpaired) electrons. The molecule has 2 aromatic carbocycles. The summed E-state index contributed by atoms with van der Waals surface area (Å²) in [6, 6.07) is 8.78. The Morgan fingerprint density at radius 3 is 2.27 bits per heavy atom. The number of nitrogens with zero attached hydrogens (tertiary/aromatic N) is 1. The van der Waals surface area contributed by atoms with Crippen molar-refractivity contribution < 1.29 is 27.5 Å². The summed E-state index contributed by atoms with van der Waals surface area (Å²) in [7, 11) is -2.18. The van der Waals surface area contributed by atoms with E-state index in [1.54, 1.807) is 32.9 Å². The lowest BCUT2D eigenvalue weighted by atomic mass is 10.1. The molecule has 33 heavy (non-hydrogen) atoms. The Balaban J connectivity index is 2.19. The number of halogens is 1. The van der Waals surface area contributed by atoms with Gasteiger partial charge in [0.1, 0.15) is 0 Å². The molecule has 0 saturated carbocycles. The molecule has 0 saturated heterocycles. The van der Waals surface area contributed by atoms with Crippen molar-refractivity contribution in [1.82, 2.24) is 9.62 Å². The first kappa shape index (κ1) is 26.4. The highest BCUT2D eigenvalue weighted by molar-refractivity contribution is 7.89. The van der Waals surface area contributed by atoms with Gasteiger partial charge in [-0.3, -0.25) is 9.59 Å². The van der Waals surface area contributed by atoms with E-state index in [2.05, 4.69) is 5.32 Å². The summed E-state index contributed by atoms with van der Waals surface area (Å²) in [6.07, 6.45) is 0. The monoisotopic (exact) mass is 497 g/mol. The van der Waals surface area contributed by atoms with Gasteiger partial charge in [-0.25, -0.2) is 8.42 Å². The second-order valence-electron chi connectivity index (χ2n) is 7.10. The first-order chi connectivity index (χ1) is 15.5. The van der Waals surface area contributed by atoms with Crippen LogP contribution < -0.4 is 20.5 Å². The highest BCUT2D eigenvalue weighted by Crippen LogP contribution is 2.36. The van der Waals surface area contributed by atoms with Gasteiger partial charge in [0.2, 0.25) is 10.0 Å². The van der Waals surface area contributed by atoms with Crippen LogP contribution in [-0.4, -0.2) is 51.3 Å². The fourth-order valence-corrected chi connectivity index (χ4v) is 4.86. The molecular formula is C22H28ClN3O6S. The lowest BCUT2D eigenvalue weighted by Gasteiger charge is -2.19. The van der Waals surface area contributed by atoms with Crippen molar-refractivity contribution in [2.24, 2.45) is 5.73 Å². The van der Waals surface area contributed by atoms with Crippen molar-refractivity contribution >= 4 is 33.4 Å². The largest absolute Gasteiger partial charge is 0.493 e. The zero-order valence-corrected chi connectivity index (χ0v) is 20.5. The van der Waals surface area contributed by atoms with Crippen LogP contribution in [0.15, 0.2) is 41.3 Å². The minimum atomic E-state index is -3.56. The molecule has 0 aromatic heterocycles. The number of hydrogen-bond donors (Lipinski definition) is 2. The number of benzene rings is 2. The molecule has 180 valence electrons. The number of primary amides is 1. The molecule has 0 aliphatic heterocycles. The molecule has 0 fully saturated rings. The predicted molar refractivity (Wildman–Crippen MR) is 125 cm³/mol. The van der Waals surface area contributed by atoms with Crippen LogP contribution in [0.5, 0.6) is 11.5 Å². The lowest BCUT2D eigenvalue weighted by molar-refractivity contribution is -0.119. The molecule has 0 aliphatic rings. The molecule has 0 spiro atoms. The third kappa shape index (κ3) is 6.37. The number of sulfonamides is 1. The SMILES string of the molecule is CCN(CC)S(=O)(=O)c1ccc(C(C)NC(=O)c2cc(Cl)c(OCC(N)=O)c(OC)c2)cc1. The molecule has 1 unspecified atom stereocenters. The minimum absolute atomic E-state index is 0.0827. The zero-order valence-electron chi connectivity index (χ0n) is 18.9. The molecule has 1 atom stereocenters. The van der Waals surface area contributed by atoms with Gasteiger partial charge in [-0.2, -0.15) is 4.31 Å². The van der Waals surface area contributed by atoms with Crippen molar-refractivity contribution in [3.05, 3.63) is 52.5 Å². The number of rotatable bonds is 11. The fraction of sp³-hybridized carbons (Fsp3) is 0.364. The fourth-order valence-electron chi connectivity index (χ4n) is 3.14. The van der Waals surface area contributed by atoms with E-state index in [0.29, 0.717) is 13.1 Å². The average Bonchev–Trinajstić information content (AvgIpc) is 2.78. The number of amides is 2. The van der Waals surface area contributed by atoms with Gasteiger partial charge in [-0.1, -0.05) is 37.6 Å². The van der Waals surface area contributed by atoms with Crippen LogP contribution in [-0.2, 0) is 14.8 Å². The van der Waals surface area contributed by atoms with Crippen LogP contribution in [0, 0.1) is 0 Å². The Labute approximate surface area is 198 Å². The van der Waals surface area contributed by atoms with Crippen LogP contribution in [0.1, 0.15) is 42.7 Å². The second-order valence-corrected chi connectivity index (χ2v) is 9.44. The first-order valence-corrected chi connectivity index (χ1v) is 12.1. The Bertz CT molecular complexity index is 1100. The average molecular weight is 498 g/mol. The number of nitrogens with two attached hydrogens (primary N) is 1. The smallest absolute Gasteiger partial charge is 0.255 e. The third-order valence-corrected chi connectivity index (χ3v) is 7.27. The third-order valence-electron chi connectivity index (χ3n) is 4.92. The summed E-state index contributed by atoms with van der Waals surface area (Å²) in [6.45, 7) is 5.71. The maximum atomic E-state index is 12.8. The highest BCUT2D eigenvalue weighted by atomic mass is 35.5. The van der Waals surface area contributed by atoms with Gasteiger partial charge in [0, 0.05) is 18.7 Å². The molecule has 0 aliphatic carbocycles. The Kier molecular flexibility index (Phi) is 9.09. The lowest BCUT2D eigenvalue weighted by Crippen LogP contribution is -2.30. The topological polar surface area (TPSA) is 128 Å². The van der Waals surface area contributed by atoms with E-state index in [1.807, 2.05) is 0 Å². The van der Waals surface area contributed by atoms with Gasteiger partial charge in [0.15, 0.2) is 18.1 Å². The van der Waals surface area contributed by atoms with Crippen molar-refractivity contribution in [2.45, 2.75) is 31.7 Å². The van der Waals surface area contributed by atoms with Crippen molar-refractivity contribution in [3.8, 4) is 11.5 Å². The van der Waals surface area contributed by atoms with Gasteiger partial charge >= 0.3 is 0 Å². The molecule has 2 amide bonds. The number of carbonyl (C=O) groups is 2.